The van der Waals surface area contributed by atoms with Crippen LogP contribution in [0.1, 0.15) is 25.3 Å². The maximum absolute atomic E-state index is 3.49. The number of nitrogens with one attached hydrogen (secondary N) is 1. The highest BCUT2D eigenvalue weighted by atomic mass is 35.5. The maximum atomic E-state index is 3.49. The zero-order chi connectivity index (χ0) is 10.5. The van der Waals surface area contributed by atoms with Crippen LogP contribution in [0.15, 0.2) is 16.8 Å². The van der Waals surface area contributed by atoms with Crippen molar-refractivity contribution in [3.05, 3.63) is 22.4 Å². The molecule has 0 amide bonds. The molecule has 1 atom stereocenters. The molecule has 1 unspecified atom stereocenters. The van der Waals surface area contributed by atoms with Crippen LogP contribution < -0.4 is 5.32 Å². The van der Waals surface area contributed by atoms with Gasteiger partial charge < -0.3 is 5.32 Å². The summed E-state index contributed by atoms with van der Waals surface area (Å²) in [5.74, 6) is 0. The standard InChI is InChI=1S/C12H20N2S.ClH/c1-2-3-12-8-13-5-6-14(12)9-11-4-7-15-10-11;/h4,7,10,12-13H,2-3,5-6,8-9H2,1H3;1H. The Balaban J connectivity index is 0.00000128. The summed E-state index contributed by atoms with van der Waals surface area (Å²) >= 11 is 1.80. The zero-order valence-corrected chi connectivity index (χ0v) is 11.4. The topological polar surface area (TPSA) is 15.3 Å². The first kappa shape index (κ1) is 14.0. The lowest BCUT2D eigenvalue weighted by atomic mass is 10.1. The minimum Gasteiger partial charge on any atom is -0.314 e. The van der Waals surface area contributed by atoms with Gasteiger partial charge in [-0.05, 0) is 28.8 Å². The Labute approximate surface area is 108 Å². The van der Waals surface area contributed by atoms with Crippen LogP contribution in [-0.4, -0.2) is 30.6 Å². The Kier molecular flexibility index (Phi) is 6.36. The van der Waals surface area contributed by atoms with Gasteiger partial charge in [0.15, 0.2) is 0 Å². The van der Waals surface area contributed by atoms with Gasteiger partial charge in [-0.15, -0.1) is 12.4 Å². The molecular formula is C12H21ClN2S. The Morgan fingerprint density at radius 3 is 3.12 bits per heavy atom. The average molecular weight is 261 g/mol. The lowest BCUT2D eigenvalue weighted by Gasteiger charge is -2.36. The van der Waals surface area contributed by atoms with E-state index in [2.05, 4.69) is 34.0 Å². The van der Waals surface area contributed by atoms with Crippen molar-refractivity contribution >= 4 is 23.7 Å². The van der Waals surface area contributed by atoms with E-state index in [4.69, 9.17) is 0 Å². The van der Waals surface area contributed by atoms with E-state index >= 15 is 0 Å². The third kappa shape index (κ3) is 3.74. The molecular weight excluding hydrogens is 240 g/mol. The summed E-state index contributed by atoms with van der Waals surface area (Å²) in [5.41, 5.74) is 1.48. The predicted octanol–water partition coefficient (Wildman–Crippen LogP) is 2.74. The summed E-state index contributed by atoms with van der Waals surface area (Å²) in [6, 6.07) is 2.99. The van der Waals surface area contributed by atoms with Gasteiger partial charge in [0.25, 0.3) is 0 Å². The molecule has 0 saturated carbocycles. The molecule has 0 bridgehead atoms. The van der Waals surface area contributed by atoms with Crippen molar-refractivity contribution in [2.45, 2.75) is 32.4 Å². The van der Waals surface area contributed by atoms with E-state index in [0.717, 1.165) is 25.7 Å². The van der Waals surface area contributed by atoms with E-state index in [1.54, 1.807) is 11.3 Å². The quantitative estimate of drug-likeness (QED) is 0.896. The molecule has 1 aromatic heterocycles. The number of halogens is 1. The third-order valence-electron chi connectivity index (χ3n) is 3.06. The first-order valence-corrected chi connectivity index (χ1v) is 6.80. The number of rotatable bonds is 4. The van der Waals surface area contributed by atoms with Gasteiger partial charge in [-0.1, -0.05) is 13.3 Å². The molecule has 1 fully saturated rings. The minimum atomic E-state index is 0. The average Bonchev–Trinajstić information content (AvgIpc) is 2.74. The number of thiophene rings is 1. The van der Waals surface area contributed by atoms with Crippen LogP contribution in [0.25, 0.3) is 0 Å². The highest BCUT2D eigenvalue weighted by Gasteiger charge is 2.20. The Bertz CT molecular complexity index is 275. The molecule has 0 aliphatic carbocycles. The fourth-order valence-electron chi connectivity index (χ4n) is 2.25. The lowest BCUT2D eigenvalue weighted by Crippen LogP contribution is -2.50. The van der Waals surface area contributed by atoms with Crippen LogP contribution >= 0.6 is 23.7 Å². The van der Waals surface area contributed by atoms with Gasteiger partial charge in [-0.3, -0.25) is 4.90 Å². The van der Waals surface area contributed by atoms with Crippen LogP contribution in [-0.2, 0) is 6.54 Å². The molecule has 2 rings (SSSR count). The molecule has 1 aliphatic heterocycles. The van der Waals surface area contributed by atoms with Gasteiger partial charge in [0.05, 0.1) is 0 Å². The van der Waals surface area contributed by atoms with Crippen LogP contribution in [0.2, 0.25) is 0 Å². The number of nitrogens with zero attached hydrogens (tertiary/aromatic N) is 1. The normalized spacial score (nSPS) is 21.7. The second kappa shape index (κ2) is 7.28. The molecule has 2 nitrogen and oxygen atoms in total. The third-order valence-corrected chi connectivity index (χ3v) is 3.79. The maximum Gasteiger partial charge on any atom is 0.0246 e. The molecule has 92 valence electrons. The fourth-order valence-corrected chi connectivity index (χ4v) is 2.91. The van der Waals surface area contributed by atoms with E-state index in [0.29, 0.717) is 0 Å². The summed E-state index contributed by atoms with van der Waals surface area (Å²) in [6.07, 6.45) is 2.60. The fraction of sp³-hybridized carbons (Fsp3) is 0.667. The zero-order valence-electron chi connectivity index (χ0n) is 9.82. The van der Waals surface area contributed by atoms with Gasteiger partial charge in [0, 0.05) is 32.2 Å². The molecule has 0 aromatic carbocycles. The van der Waals surface area contributed by atoms with Crippen molar-refractivity contribution in [1.82, 2.24) is 10.2 Å². The minimum absolute atomic E-state index is 0. The summed E-state index contributed by atoms with van der Waals surface area (Å²) in [4.78, 5) is 2.63. The molecule has 0 spiro atoms. The van der Waals surface area contributed by atoms with Gasteiger partial charge in [-0.25, -0.2) is 0 Å². The van der Waals surface area contributed by atoms with Crippen molar-refractivity contribution in [3.8, 4) is 0 Å². The molecule has 1 N–H and O–H groups in total. The van der Waals surface area contributed by atoms with Crippen LogP contribution in [0, 0.1) is 0 Å². The SMILES string of the molecule is CCCC1CNCCN1Cc1ccsc1.Cl. The summed E-state index contributed by atoms with van der Waals surface area (Å²) < 4.78 is 0. The van der Waals surface area contributed by atoms with E-state index in [1.807, 2.05) is 0 Å². The van der Waals surface area contributed by atoms with E-state index in [9.17, 15) is 0 Å². The number of piperazine rings is 1. The van der Waals surface area contributed by atoms with E-state index in [-0.39, 0.29) is 12.4 Å². The Hall–Kier alpha value is -0.0900. The lowest BCUT2D eigenvalue weighted by molar-refractivity contribution is 0.144. The molecule has 16 heavy (non-hydrogen) atoms. The van der Waals surface area contributed by atoms with Crippen molar-refractivity contribution in [3.63, 3.8) is 0 Å². The largest absolute Gasteiger partial charge is 0.314 e. The Morgan fingerprint density at radius 1 is 1.56 bits per heavy atom. The van der Waals surface area contributed by atoms with E-state index < -0.39 is 0 Å². The highest BCUT2D eigenvalue weighted by molar-refractivity contribution is 7.07. The summed E-state index contributed by atoms with van der Waals surface area (Å²) in [6.45, 7) is 6.91. The van der Waals surface area contributed by atoms with Gasteiger partial charge in [-0.2, -0.15) is 11.3 Å². The first-order chi connectivity index (χ1) is 7.40. The van der Waals surface area contributed by atoms with Gasteiger partial charge in [0.2, 0.25) is 0 Å². The van der Waals surface area contributed by atoms with Crippen LogP contribution in [0.4, 0.5) is 0 Å². The highest BCUT2D eigenvalue weighted by Crippen LogP contribution is 2.15. The molecule has 1 saturated heterocycles. The number of hydrogen-bond acceptors (Lipinski definition) is 3. The van der Waals surface area contributed by atoms with Crippen LogP contribution in [0.3, 0.4) is 0 Å². The monoisotopic (exact) mass is 260 g/mol. The second-order valence-electron chi connectivity index (χ2n) is 4.25. The first-order valence-electron chi connectivity index (χ1n) is 5.86. The molecule has 1 aromatic rings. The van der Waals surface area contributed by atoms with Crippen molar-refractivity contribution < 1.29 is 0 Å². The molecule has 1 aliphatic rings. The summed E-state index contributed by atoms with van der Waals surface area (Å²) in [7, 11) is 0. The van der Waals surface area contributed by atoms with Gasteiger partial charge >= 0.3 is 0 Å². The molecule has 4 heteroatoms. The van der Waals surface area contributed by atoms with Gasteiger partial charge in [0.1, 0.15) is 0 Å². The van der Waals surface area contributed by atoms with Crippen molar-refractivity contribution in [1.29, 1.82) is 0 Å². The number of hydrogen-bond donors (Lipinski definition) is 1. The summed E-state index contributed by atoms with van der Waals surface area (Å²) in [5, 5.41) is 7.93. The van der Waals surface area contributed by atoms with Crippen molar-refractivity contribution in [2.75, 3.05) is 19.6 Å². The van der Waals surface area contributed by atoms with Crippen LogP contribution in [0.5, 0.6) is 0 Å². The van der Waals surface area contributed by atoms with Crippen molar-refractivity contribution in [2.24, 2.45) is 0 Å². The Morgan fingerprint density at radius 2 is 2.44 bits per heavy atom. The second-order valence-corrected chi connectivity index (χ2v) is 5.03. The van der Waals surface area contributed by atoms with E-state index in [1.165, 1.54) is 24.9 Å². The predicted molar refractivity (Wildman–Crippen MR) is 73.5 cm³/mol. The molecule has 2 heterocycles. The molecule has 0 radical (unpaired) electrons. The smallest absolute Gasteiger partial charge is 0.0246 e.